The van der Waals surface area contributed by atoms with Gasteiger partial charge in [0.2, 0.25) is 11.2 Å². The molecule has 35 heavy (non-hydrogen) atoms. The Morgan fingerprint density at radius 2 is 1.80 bits per heavy atom. The van der Waals surface area contributed by atoms with Gasteiger partial charge in [0.1, 0.15) is 23.8 Å². The van der Waals surface area contributed by atoms with E-state index in [9.17, 15) is 18.0 Å². The number of nitrogens with zero attached hydrogens (tertiary/aromatic N) is 1. The summed E-state index contributed by atoms with van der Waals surface area (Å²) < 4.78 is 59.7. The molecule has 0 aliphatic carbocycles. The molecule has 5 nitrogen and oxygen atoms in total. The number of alkyl halides is 3. The minimum absolute atomic E-state index is 0.0670. The lowest BCUT2D eigenvalue weighted by Gasteiger charge is -2.30. The van der Waals surface area contributed by atoms with Crippen LogP contribution in [0.15, 0.2) is 74.3 Å². The molecule has 1 aliphatic heterocycles. The van der Waals surface area contributed by atoms with E-state index in [0.717, 1.165) is 5.56 Å². The van der Waals surface area contributed by atoms with E-state index in [1.165, 1.54) is 18.2 Å². The van der Waals surface area contributed by atoms with Crippen LogP contribution >= 0.6 is 15.9 Å². The maximum absolute atomic E-state index is 14.1. The van der Waals surface area contributed by atoms with Crippen molar-refractivity contribution in [2.45, 2.75) is 19.3 Å². The van der Waals surface area contributed by atoms with E-state index in [4.69, 9.17) is 13.9 Å². The average Bonchev–Trinajstić information content (AvgIpc) is 2.84. The van der Waals surface area contributed by atoms with Crippen molar-refractivity contribution in [2.24, 2.45) is 0 Å². The van der Waals surface area contributed by atoms with Crippen molar-refractivity contribution >= 4 is 26.9 Å². The number of rotatable bonds is 4. The third-order valence-electron chi connectivity index (χ3n) is 5.88. The van der Waals surface area contributed by atoms with Crippen LogP contribution in [0.5, 0.6) is 11.5 Å². The molecular weight excluding hydrogens is 527 g/mol. The fourth-order valence-corrected chi connectivity index (χ4v) is 4.53. The Hall–Kier alpha value is -3.30. The highest BCUT2D eigenvalue weighted by atomic mass is 79.9. The molecule has 0 spiro atoms. The van der Waals surface area contributed by atoms with Gasteiger partial charge in [0.15, 0.2) is 0 Å². The van der Waals surface area contributed by atoms with Gasteiger partial charge >= 0.3 is 6.18 Å². The van der Waals surface area contributed by atoms with Gasteiger partial charge in [0.05, 0.1) is 23.6 Å². The van der Waals surface area contributed by atoms with Crippen LogP contribution in [-0.2, 0) is 19.3 Å². The van der Waals surface area contributed by atoms with E-state index in [1.807, 2.05) is 29.2 Å². The summed E-state index contributed by atoms with van der Waals surface area (Å²) in [7, 11) is 1.57. The Morgan fingerprint density at radius 3 is 2.51 bits per heavy atom. The van der Waals surface area contributed by atoms with Gasteiger partial charge in [-0.05, 0) is 35.9 Å². The first-order valence-electron chi connectivity index (χ1n) is 10.7. The maximum atomic E-state index is 14.1. The molecule has 1 aromatic heterocycles. The van der Waals surface area contributed by atoms with Crippen LogP contribution in [0.25, 0.3) is 22.1 Å². The Bertz CT molecular complexity index is 1460. The summed E-state index contributed by atoms with van der Waals surface area (Å²) in [4.78, 5) is 15.3. The van der Waals surface area contributed by atoms with Crippen LogP contribution < -0.4 is 14.9 Å². The molecule has 0 atom stereocenters. The highest BCUT2D eigenvalue weighted by Gasteiger charge is 2.40. The number of halogens is 4. The summed E-state index contributed by atoms with van der Waals surface area (Å²) in [5.74, 6) is -0.240. The number of hydrogen-bond donors (Lipinski definition) is 0. The molecule has 0 saturated carbocycles. The number of hydrogen-bond acceptors (Lipinski definition) is 5. The Kier molecular flexibility index (Phi) is 6.06. The van der Waals surface area contributed by atoms with E-state index in [2.05, 4.69) is 15.9 Å². The molecule has 0 N–H and O–H groups in total. The lowest BCUT2D eigenvalue weighted by Crippen LogP contribution is -2.32. The van der Waals surface area contributed by atoms with E-state index in [1.54, 1.807) is 25.3 Å². The molecule has 0 bridgehead atoms. The van der Waals surface area contributed by atoms with Crippen molar-refractivity contribution in [1.82, 2.24) is 4.90 Å². The van der Waals surface area contributed by atoms with Crippen molar-refractivity contribution < 1.29 is 27.1 Å². The molecule has 5 rings (SSSR count). The second kappa shape index (κ2) is 9.05. The molecule has 9 heteroatoms. The quantitative estimate of drug-likeness (QED) is 0.289. The van der Waals surface area contributed by atoms with Crippen LogP contribution in [0.1, 0.15) is 16.9 Å². The van der Waals surface area contributed by atoms with Gasteiger partial charge in [-0.1, -0.05) is 46.3 Å². The average molecular weight is 546 g/mol. The van der Waals surface area contributed by atoms with Gasteiger partial charge in [0, 0.05) is 23.1 Å². The van der Waals surface area contributed by atoms with Gasteiger partial charge in [-0.3, -0.25) is 9.69 Å². The maximum Gasteiger partial charge on any atom is 0.450 e. The summed E-state index contributed by atoms with van der Waals surface area (Å²) >= 11 is 3.26. The second-order valence-electron chi connectivity index (χ2n) is 8.13. The van der Waals surface area contributed by atoms with Crippen molar-refractivity contribution in [3.05, 3.63) is 92.2 Å². The summed E-state index contributed by atoms with van der Waals surface area (Å²) in [6.45, 7) is 0.902. The summed E-state index contributed by atoms with van der Waals surface area (Å²) in [5, 5.41) is 0.0670. The minimum Gasteiger partial charge on any atom is -0.496 e. The number of ether oxygens (including phenoxy) is 2. The number of methoxy groups -OCH3 is 1. The SMILES string of the molecule is COc1ccccc1CN1COc2ccc3c(=O)c(-c4ccc(Br)cc4)c(C(F)(F)F)oc3c2C1. The predicted molar refractivity (Wildman–Crippen MR) is 128 cm³/mol. The monoisotopic (exact) mass is 545 g/mol. The standard InChI is InChI=1S/C26H19BrF3NO4/c1-33-20-5-3-2-4-16(20)12-31-13-19-21(34-14-31)11-10-18-23(32)22(15-6-8-17(27)9-7-15)25(26(28,29)30)35-24(18)19/h2-11H,12-14H2,1H3. The predicted octanol–water partition coefficient (Wildman–Crippen LogP) is 6.60. The number of fused-ring (bicyclic) bond motifs is 3. The normalized spacial score (nSPS) is 14.0. The second-order valence-corrected chi connectivity index (χ2v) is 9.05. The fraction of sp³-hybridized carbons (Fsp3) is 0.192. The molecule has 0 saturated heterocycles. The summed E-state index contributed by atoms with van der Waals surface area (Å²) in [5.41, 5.74) is 0.0461. The Morgan fingerprint density at radius 1 is 1.06 bits per heavy atom. The first kappa shape index (κ1) is 23.4. The highest BCUT2D eigenvalue weighted by Crippen LogP contribution is 2.40. The molecule has 0 amide bonds. The van der Waals surface area contributed by atoms with Crippen molar-refractivity contribution in [1.29, 1.82) is 0 Å². The van der Waals surface area contributed by atoms with Crippen LogP contribution in [0, 0.1) is 0 Å². The fourth-order valence-electron chi connectivity index (χ4n) is 4.27. The lowest BCUT2D eigenvalue weighted by molar-refractivity contribution is -0.152. The highest BCUT2D eigenvalue weighted by molar-refractivity contribution is 9.10. The van der Waals surface area contributed by atoms with E-state index in [-0.39, 0.29) is 29.8 Å². The zero-order valence-corrected chi connectivity index (χ0v) is 20.1. The molecule has 180 valence electrons. The van der Waals surface area contributed by atoms with Crippen LogP contribution in [0.2, 0.25) is 0 Å². The van der Waals surface area contributed by atoms with Crippen molar-refractivity contribution in [2.75, 3.05) is 13.8 Å². The minimum atomic E-state index is -4.87. The zero-order valence-electron chi connectivity index (χ0n) is 18.5. The van der Waals surface area contributed by atoms with Crippen molar-refractivity contribution in [3.63, 3.8) is 0 Å². The van der Waals surface area contributed by atoms with Gasteiger partial charge in [-0.25, -0.2) is 0 Å². The Balaban J connectivity index is 1.63. The molecule has 0 unspecified atom stereocenters. The topological polar surface area (TPSA) is 51.9 Å². The third-order valence-corrected chi connectivity index (χ3v) is 6.41. The molecular formula is C26H19BrF3NO4. The van der Waals surface area contributed by atoms with Gasteiger partial charge < -0.3 is 13.9 Å². The third kappa shape index (κ3) is 4.41. The molecule has 2 heterocycles. The molecule has 4 aromatic rings. The van der Waals surface area contributed by atoms with E-state index >= 15 is 0 Å². The van der Waals surface area contributed by atoms with Gasteiger partial charge in [0.25, 0.3) is 0 Å². The molecule has 0 fully saturated rings. The first-order valence-corrected chi connectivity index (χ1v) is 11.5. The van der Waals surface area contributed by atoms with Crippen molar-refractivity contribution in [3.8, 4) is 22.6 Å². The lowest BCUT2D eigenvalue weighted by atomic mass is 10.00. The summed E-state index contributed by atoms with van der Waals surface area (Å²) in [6.07, 6.45) is -4.87. The van der Waals surface area contributed by atoms with Crippen LogP contribution in [0.4, 0.5) is 13.2 Å². The zero-order chi connectivity index (χ0) is 24.7. The van der Waals surface area contributed by atoms with Gasteiger partial charge in [-0.15, -0.1) is 0 Å². The molecule has 1 aliphatic rings. The smallest absolute Gasteiger partial charge is 0.450 e. The van der Waals surface area contributed by atoms with E-state index < -0.39 is 22.9 Å². The molecule has 3 aromatic carbocycles. The number of para-hydroxylation sites is 1. The largest absolute Gasteiger partial charge is 0.496 e. The van der Waals surface area contributed by atoms with E-state index in [0.29, 0.717) is 28.1 Å². The van der Waals surface area contributed by atoms with Gasteiger partial charge in [-0.2, -0.15) is 13.2 Å². The summed E-state index contributed by atoms with van der Waals surface area (Å²) in [6, 6.07) is 16.6. The van der Waals surface area contributed by atoms with Crippen LogP contribution in [0.3, 0.4) is 0 Å². The Labute approximate surface area is 206 Å². The molecule has 0 radical (unpaired) electrons. The first-order chi connectivity index (χ1) is 16.8. The number of benzene rings is 3. The van der Waals surface area contributed by atoms with Crippen LogP contribution in [-0.4, -0.2) is 18.7 Å².